The van der Waals surface area contributed by atoms with Gasteiger partial charge in [0.1, 0.15) is 22.8 Å². The van der Waals surface area contributed by atoms with Crippen molar-refractivity contribution in [2.75, 3.05) is 6.61 Å². The van der Waals surface area contributed by atoms with Crippen molar-refractivity contribution in [3.63, 3.8) is 0 Å². The fourth-order valence-corrected chi connectivity index (χ4v) is 6.52. The van der Waals surface area contributed by atoms with Crippen LogP contribution in [0.15, 0.2) is 166 Å². The number of rotatable bonds is 9. The third kappa shape index (κ3) is 8.87. The van der Waals surface area contributed by atoms with Crippen LogP contribution in [-0.4, -0.2) is 65.1 Å². The largest absolute Gasteiger partial charge is 0.477 e. The molecule has 8 rings (SSSR count). The lowest BCUT2D eigenvalue weighted by Gasteiger charge is -2.15. The van der Waals surface area contributed by atoms with E-state index in [1.807, 2.05) is 6.07 Å². The minimum absolute atomic E-state index is 0.136. The Morgan fingerprint density at radius 3 is 1.60 bits per heavy atom. The normalized spacial score (nSPS) is 11.1. The Bertz CT molecular complexity index is 3190. The van der Waals surface area contributed by atoms with Crippen molar-refractivity contribution >= 4 is 46.5 Å². The first kappa shape index (κ1) is 43.0. The highest BCUT2D eigenvalue weighted by Gasteiger charge is 2.21. The predicted molar refractivity (Wildman–Crippen MR) is 227 cm³/mol. The Morgan fingerprint density at radius 2 is 1.05 bits per heavy atom. The molecule has 6 heterocycles. The topological polar surface area (TPSA) is 220 Å². The van der Waals surface area contributed by atoms with Gasteiger partial charge >= 0.3 is 17.9 Å². The summed E-state index contributed by atoms with van der Waals surface area (Å²) in [5.74, 6) is -3.72. The number of pyridine rings is 6. The summed E-state index contributed by atoms with van der Waals surface area (Å²) in [6.45, 7) is 1.82. The molecule has 0 aliphatic heterocycles. The summed E-state index contributed by atoms with van der Waals surface area (Å²) < 4.78 is 8.47. The molecule has 0 radical (unpaired) electrons. The molecule has 8 aromatic rings. The Morgan fingerprint density at radius 1 is 0.581 bits per heavy atom. The lowest BCUT2D eigenvalue weighted by atomic mass is 9.99. The molecule has 0 amide bonds. The molecule has 0 saturated carbocycles. The van der Waals surface area contributed by atoms with Crippen LogP contribution in [0.2, 0.25) is 0 Å². The van der Waals surface area contributed by atoms with Gasteiger partial charge in [-0.25, -0.2) is 14.4 Å². The third-order valence-corrected chi connectivity index (χ3v) is 9.46. The van der Waals surface area contributed by atoms with Gasteiger partial charge in [0.25, 0.3) is 16.7 Å². The van der Waals surface area contributed by atoms with E-state index in [1.165, 1.54) is 43.9 Å². The van der Waals surface area contributed by atoms with E-state index in [9.17, 15) is 53.7 Å². The van der Waals surface area contributed by atoms with Gasteiger partial charge in [0, 0.05) is 40.8 Å². The number of ketones is 1. The average molecular weight is 834 g/mol. The highest BCUT2D eigenvalue weighted by atomic mass is 16.5. The van der Waals surface area contributed by atoms with Gasteiger partial charge in [-0.1, -0.05) is 78.9 Å². The fourth-order valence-electron chi connectivity index (χ4n) is 6.52. The van der Waals surface area contributed by atoms with Crippen LogP contribution in [0.1, 0.15) is 81.5 Å². The van der Waals surface area contributed by atoms with E-state index in [2.05, 4.69) is 0 Å². The molecule has 1 atom stereocenters. The molecular formula is C47H35N3O12. The highest BCUT2D eigenvalue weighted by molar-refractivity contribution is 6.14. The molecule has 1 unspecified atom stereocenters. The van der Waals surface area contributed by atoms with Gasteiger partial charge in [-0.05, 0) is 67.1 Å². The van der Waals surface area contributed by atoms with Crippen LogP contribution in [0, 0.1) is 0 Å². The van der Waals surface area contributed by atoms with Gasteiger partial charge < -0.3 is 20.1 Å². The lowest BCUT2D eigenvalue weighted by Crippen LogP contribution is -2.24. The summed E-state index contributed by atoms with van der Waals surface area (Å²) in [4.78, 5) is 94.2. The number of ether oxygens (including phenoxy) is 1. The number of aromatic carboxylic acids is 2. The molecule has 2 aromatic carbocycles. The van der Waals surface area contributed by atoms with Crippen LogP contribution < -0.4 is 16.7 Å². The molecule has 310 valence electrons. The molecule has 0 aliphatic carbocycles. The molecule has 0 fully saturated rings. The predicted octanol–water partition coefficient (Wildman–Crippen LogP) is 5.60. The van der Waals surface area contributed by atoms with Gasteiger partial charge in [0.15, 0.2) is 12.1 Å². The second-order valence-electron chi connectivity index (χ2n) is 13.2. The molecule has 0 aliphatic rings. The number of aliphatic hydroxyl groups excluding tert-OH is 1. The van der Waals surface area contributed by atoms with E-state index in [1.54, 1.807) is 116 Å². The Hall–Kier alpha value is -8.56. The van der Waals surface area contributed by atoms with Crippen LogP contribution in [0.25, 0.3) is 16.6 Å². The summed E-state index contributed by atoms with van der Waals surface area (Å²) in [6, 6.07) is 36.0. The second-order valence-corrected chi connectivity index (χ2v) is 13.2. The first-order valence-electron chi connectivity index (χ1n) is 18.7. The lowest BCUT2D eigenvalue weighted by molar-refractivity contribution is 0.0522. The van der Waals surface area contributed by atoms with E-state index in [0.717, 1.165) is 6.07 Å². The number of nitrogens with zero attached hydrogens (tertiary/aromatic N) is 3. The minimum atomic E-state index is -1.36. The minimum Gasteiger partial charge on any atom is -0.477 e. The van der Waals surface area contributed by atoms with Crippen LogP contribution in [0.4, 0.5) is 0 Å². The summed E-state index contributed by atoms with van der Waals surface area (Å²) in [7, 11) is 0. The fraction of sp³-hybridized carbons (Fsp3) is 0.0638. The molecule has 62 heavy (non-hydrogen) atoms. The number of benzene rings is 2. The number of hydrogen-bond donors (Lipinski definition) is 3. The summed E-state index contributed by atoms with van der Waals surface area (Å²) in [5, 5.41) is 29.0. The Labute approximate surface area is 350 Å². The van der Waals surface area contributed by atoms with Crippen molar-refractivity contribution in [1.29, 1.82) is 0 Å². The molecule has 15 nitrogen and oxygen atoms in total. The number of fused-ring (bicyclic) bond motifs is 3. The van der Waals surface area contributed by atoms with Crippen molar-refractivity contribution < 1.29 is 44.0 Å². The molecule has 6 aromatic heterocycles. The van der Waals surface area contributed by atoms with Crippen LogP contribution >= 0.6 is 0 Å². The maximum absolute atomic E-state index is 12.6. The van der Waals surface area contributed by atoms with Crippen LogP contribution in [-0.2, 0) is 4.74 Å². The number of hydrogen-bond acceptors (Lipinski definition) is 10. The van der Waals surface area contributed by atoms with Crippen molar-refractivity contribution in [1.82, 2.24) is 13.2 Å². The van der Waals surface area contributed by atoms with Crippen LogP contribution in [0.5, 0.6) is 0 Å². The quantitative estimate of drug-likeness (QED) is 0.0920. The van der Waals surface area contributed by atoms with E-state index >= 15 is 0 Å². The number of aromatic nitrogens is 3. The average Bonchev–Trinajstić information content (AvgIpc) is 3.30. The Balaban J connectivity index is 0.000000156. The number of carboxylic acid groups (broad SMARTS) is 2. The molecule has 0 spiro atoms. The standard InChI is InChI=1S/C17H13NO4.C17H11NO4.C13H11NO4/c2*19-15(11-6-2-1-3-7-11)12-10-13(17(21)22)16(20)18-9-5-4-8-14(12)18;1-2-18-13(17)10-7-9(8-15)11-5-3-4-6-14(11)12(10)16/h1-10,15,19H,(H,21,22);1-10H,(H,21,22);3-8H,2H2,1H3. The summed E-state index contributed by atoms with van der Waals surface area (Å²) >= 11 is 0. The van der Waals surface area contributed by atoms with E-state index in [4.69, 9.17) is 4.74 Å². The SMILES string of the molecule is CCOC(=O)c1cc(C=O)c2ccccn2c1=O.O=C(O)c1cc(C(=O)c2ccccc2)c2ccccn2c1=O.O=C(O)c1cc(C(O)c2ccccc2)c2ccccn2c1=O. The maximum Gasteiger partial charge on any atom is 0.343 e. The van der Waals surface area contributed by atoms with Crippen molar-refractivity contribution in [3.8, 4) is 0 Å². The maximum atomic E-state index is 12.6. The van der Waals surface area contributed by atoms with Gasteiger partial charge in [-0.2, -0.15) is 0 Å². The molecule has 15 heteroatoms. The smallest absolute Gasteiger partial charge is 0.343 e. The van der Waals surface area contributed by atoms with Crippen LogP contribution in [0.3, 0.4) is 0 Å². The number of aliphatic hydroxyl groups is 1. The van der Waals surface area contributed by atoms with E-state index < -0.39 is 46.3 Å². The van der Waals surface area contributed by atoms with E-state index in [-0.39, 0.29) is 34.6 Å². The molecule has 0 saturated heterocycles. The third-order valence-electron chi connectivity index (χ3n) is 9.46. The zero-order valence-corrected chi connectivity index (χ0v) is 32.7. The monoisotopic (exact) mass is 833 g/mol. The molecular weight excluding hydrogens is 799 g/mol. The number of carboxylic acids is 2. The van der Waals surface area contributed by atoms with Crippen molar-refractivity contribution in [2.45, 2.75) is 13.0 Å². The van der Waals surface area contributed by atoms with Gasteiger partial charge in [-0.3, -0.25) is 37.2 Å². The second kappa shape index (κ2) is 19.0. The highest BCUT2D eigenvalue weighted by Crippen LogP contribution is 2.26. The van der Waals surface area contributed by atoms with Crippen molar-refractivity contribution in [2.24, 2.45) is 0 Å². The number of esters is 1. The van der Waals surface area contributed by atoms with Gasteiger partial charge in [-0.15, -0.1) is 0 Å². The number of carbonyl (C=O) groups excluding carboxylic acids is 3. The zero-order chi connectivity index (χ0) is 44.5. The first-order valence-corrected chi connectivity index (χ1v) is 18.7. The zero-order valence-electron chi connectivity index (χ0n) is 32.7. The summed E-state index contributed by atoms with van der Waals surface area (Å²) in [6.07, 6.45) is 4.04. The first-order chi connectivity index (χ1) is 29.9. The number of carbonyl (C=O) groups is 5. The summed E-state index contributed by atoms with van der Waals surface area (Å²) in [5.41, 5.74) is 0.525. The van der Waals surface area contributed by atoms with Crippen molar-refractivity contribution in [3.05, 3.63) is 228 Å². The molecule has 3 N–H and O–H groups in total. The Kier molecular flexibility index (Phi) is 13.2. The van der Waals surface area contributed by atoms with Gasteiger partial charge in [0.05, 0.1) is 23.2 Å². The number of aldehydes is 1. The van der Waals surface area contributed by atoms with E-state index in [0.29, 0.717) is 39.5 Å². The van der Waals surface area contributed by atoms with Gasteiger partial charge in [0.2, 0.25) is 0 Å². The molecule has 0 bridgehead atoms.